The molecule has 3 rings (SSSR count). The normalized spacial score (nSPS) is 15.3. The monoisotopic (exact) mass is 356 g/mol. The number of nitrogens with one attached hydrogen (secondary N) is 2. The summed E-state index contributed by atoms with van der Waals surface area (Å²) < 4.78 is 1.96. The second-order valence-corrected chi connectivity index (χ2v) is 7.52. The third-order valence-corrected chi connectivity index (χ3v) is 4.81. The van der Waals surface area contributed by atoms with Crippen molar-refractivity contribution in [3.8, 4) is 0 Å². The lowest BCUT2D eigenvalue weighted by atomic mass is 9.95. The van der Waals surface area contributed by atoms with Crippen molar-refractivity contribution in [2.24, 2.45) is 5.92 Å². The summed E-state index contributed by atoms with van der Waals surface area (Å²) in [5.74, 6) is 0.879. The smallest absolute Gasteiger partial charge is 0.272 e. The fourth-order valence-electron chi connectivity index (χ4n) is 3.55. The lowest BCUT2D eigenvalue weighted by molar-refractivity contribution is -0.121. The molecule has 0 bridgehead atoms. The molecule has 0 aromatic carbocycles. The minimum Gasteiger partial charge on any atom is -0.352 e. The largest absolute Gasteiger partial charge is 0.352 e. The molecule has 0 atom stereocenters. The van der Waals surface area contributed by atoms with Gasteiger partial charge in [0, 0.05) is 18.7 Å². The Balaban J connectivity index is 1.65. The van der Waals surface area contributed by atoms with Crippen LogP contribution >= 0.6 is 0 Å². The summed E-state index contributed by atoms with van der Waals surface area (Å²) in [5.41, 5.74) is 1.15. The number of hydrogen-bond donors (Lipinski definition) is 2. The molecule has 6 heteroatoms. The first-order valence-electron chi connectivity index (χ1n) is 9.58. The second-order valence-electron chi connectivity index (χ2n) is 7.52. The Hall–Kier alpha value is -2.37. The molecule has 2 N–H and O–H groups in total. The maximum absolute atomic E-state index is 12.6. The number of carbonyl (C=O) groups excluding carboxylic acids is 2. The highest BCUT2D eigenvalue weighted by Gasteiger charge is 2.20. The van der Waals surface area contributed by atoms with Crippen LogP contribution in [0.3, 0.4) is 0 Å². The lowest BCUT2D eigenvalue weighted by Crippen LogP contribution is -2.42. The molecule has 1 aliphatic rings. The number of carbonyl (C=O) groups is 2. The van der Waals surface area contributed by atoms with Crippen molar-refractivity contribution in [2.75, 3.05) is 6.54 Å². The summed E-state index contributed by atoms with van der Waals surface area (Å²) in [6.45, 7) is 4.24. The second kappa shape index (κ2) is 8.34. The molecule has 0 saturated heterocycles. The van der Waals surface area contributed by atoms with Gasteiger partial charge >= 0.3 is 0 Å². The summed E-state index contributed by atoms with van der Waals surface area (Å²) in [6.07, 6.45) is 8.35. The van der Waals surface area contributed by atoms with Crippen molar-refractivity contribution >= 4 is 17.3 Å². The summed E-state index contributed by atoms with van der Waals surface area (Å²) >= 11 is 0. The average Bonchev–Trinajstić information content (AvgIpc) is 2.99. The van der Waals surface area contributed by atoms with Gasteiger partial charge < -0.3 is 15.0 Å². The van der Waals surface area contributed by atoms with Gasteiger partial charge in [-0.2, -0.15) is 0 Å². The number of imidazole rings is 1. The van der Waals surface area contributed by atoms with Crippen LogP contribution in [0.15, 0.2) is 24.4 Å². The number of aromatic nitrogens is 2. The van der Waals surface area contributed by atoms with Gasteiger partial charge in [-0.05, 0) is 30.9 Å². The highest BCUT2D eigenvalue weighted by molar-refractivity contribution is 6.00. The molecule has 26 heavy (non-hydrogen) atoms. The van der Waals surface area contributed by atoms with E-state index in [1.165, 1.54) is 6.42 Å². The Morgan fingerprint density at radius 2 is 2.00 bits per heavy atom. The van der Waals surface area contributed by atoms with E-state index >= 15 is 0 Å². The molecule has 1 aliphatic carbocycles. The Morgan fingerprint density at radius 3 is 2.73 bits per heavy atom. The van der Waals surface area contributed by atoms with E-state index in [1.54, 1.807) is 0 Å². The number of rotatable bonds is 6. The van der Waals surface area contributed by atoms with Gasteiger partial charge in [0.25, 0.3) is 5.91 Å². The van der Waals surface area contributed by atoms with E-state index in [1.807, 2.05) is 28.8 Å². The van der Waals surface area contributed by atoms with Gasteiger partial charge in [-0.3, -0.25) is 9.59 Å². The molecule has 1 saturated carbocycles. The van der Waals surface area contributed by atoms with Gasteiger partial charge in [-0.1, -0.05) is 39.2 Å². The quantitative estimate of drug-likeness (QED) is 0.836. The van der Waals surface area contributed by atoms with E-state index in [-0.39, 0.29) is 24.4 Å². The number of fused-ring (bicyclic) bond motifs is 1. The zero-order valence-corrected chi connectivity index (χ0v) is 15.6. The summed E-state index contributed by atoms with van der Waals surface area (Å²) in [5, 5.41) is 5.74. The highest BCUT2D eigenvalue weighted by atomic mass is 16.2. The van der Waals surface area contributed by atoms with Crippen molar-refractivity contribution in [1.29, 1.82) is 0 Å². The van der Waals surface area contributed by atoms with Crippen LogP contribution in [-0.4, -0.2) is 33.8 Å². The maximum Gasteiger partial charge on any atom is 0.272 e. The molecular formula is C20H28N4O2. The fourth-order valence-corrected chi connectivity index (χ4v) is 3.55. The Kier molecular flexibility index (Phi) is 5.91. The Bertz CT molecular complexity index is 775. The van der Waals surface area contributed by atoms with Crippen LogP contribution in [-0.2, 0) is 11.2 Å². The van der Waals surface area contributed by atoms with E-state index in [0.717, 1.165) is 43.4 Å². The van der Waals surface area contributed by atoms with Crippen molar-refractivity contribution in [1.82, 2.24) is 20.0 Å². The van der Waals surface area contributed by atoms with Crippen molar-refractivity contribution < 1.29 is 9.59 Å². The molecule has 2 heterocycles. The van der Waals surface area contributed by atoms with E-state index in [9.17, 15) is 9.59 Å². The molecule has 2 amide bonds. The summed E-state index contributed by atoms with van der Waals surface area (Å²) in [6, 6.07) is 5.95. The lowest BCUT2D eigenvalue weighted by Gasteiger charge is -2.22. The minimum absolute atomic E-state index is 0.0132. The first-order valence-corrected chi connectivity index (χ1v) is 9.58. The summed E-state index contributed by atoms with van der Waals surface area (Å²) in [7, 11) is 0. The molecule has 2 aromatic heterocycles. The molecule has 6 nitrogen and oxygen atoms in total. The maximum atomic E-state index is 12.6. The van der Waals surface area contributed by atoms with Crippen molar-refractivity contribution in [2.45, 2.75) is 58.4 Å². The van der Waals surface area contributed by atoms with Gasteiger partial charge in [-0.25, -0.2) is 4.98 Å². The number of nitrogens with zero attached hydrogens (tertiary/aromatic N) is 2. The third kappa shape index (κ3) is 4.42. The first kappa shape index (κ1) is 18.4. The molecule has 0 radical (unpaired) electrons. The van der Waals surface area contributed by atoms with Crippen molar-refractivity contribution in [3.63, 3.8) is 0 Å². The van der Waals surface area contributed by atoms with Crippen LogP contribution in [0.5, 0.6) is 0 Å². The SMILES string of the molecule is CC(C)Cc1nc(C(=O)NCC(=O)NC2CCCCC2)c2ccccn12. The Labute approximate surface area is 154 Å². The standard InChI is InChI=1S/C20H28N4O2/c1-14(2)12-17-23-19(16-10-6-7-11-24(16)17)20(26)21-13-18(25)22-15-8-4-3-5-9-15/h6-7,10-11,14-15H,3-5,8-9,12-13H2,1-2H3,(H,21,26)(H,22,25). The van der Waals surface area contributed by atoms with Crippen molar-refractivity contribution in [3.05, 3.63) is 35.9 Å². The van der Waals surface area contributed by atoms with Crippen LogP contribution in [0.25, 0.3) is 5.52 Å². The Morgan fingerprint density at radius 1 is 1.23 bits per heavy atom. The van der Waals surface area contributed by atoms with Gasteiger partial charge in [-0.15, -0.1) is 0 Å². The predicted molar refractivity (Wildman–Crippen MR) is 101 cm³/mol. The number of hydrogen-bond acceptors (Lipinski definition) is 3. The van der Waals surface area contributed by atoms with E-state index in [0.29, 0.717) is 11.6 Å². The van der Waals surface area contributed by atoms with Gasteiger partial charge in [0.05, 0.1) is 12.1 Å². The van der Waals surface area contributed by atoms with E-state index in [4.69, 9.17) is 0 Å². The van der Waals surface area contributed by atoms with Crippen LogP contribution in [0, 0.1) is 5.92 Å². The van der Waals surface area contributed by atoms with Gasteiger partial charge in [0.2, 0.25) is 5.91 Å². The molecule has 2 aromatic rings. The molecule has 140 valence electrons. The topological polar surface area (TPSA) is 75.5 Å². The highest BCUT2D eigenvalue weighted by Crippen LogP contribution is 2.17. The van der Waals surface area contributed by atoms with Crippen LogP contribution in [0.4, 0.5) is 0 Å². The van der Waals surface area contributed by atoms with E-state index in [2.05, 4.69) is 29.5 Å². The zero-order chi connectivity index (χ0) is 18.5. The predicted octanol–water partition coefficient (Wildman–Crippen LogP) is 2.71. The number of pyridine rings is 1. The molecule has 0 aliphatic heterocycles. The molecule has 0 unspecified atom stereocenters. The van der Waals surface area contributed by atoms with Gasteiger partial charge in [0.1, 0.15) is 5.82 Å². The molecular weight excluding hydrogens is 328 g/mol. The molecule has 0 spiro atoms. The number of amides is 2. The zero-order valence-electron chi connectivity index (χ0n) is 15.6. The minimum atomic E-state index is -0.303. The van der Waals surface area contributed by atoms with Crippen LogP contribution in [0.2, 0.25) is 0 Å². The van der Waals surface area contributed by atoms with Crippen LogP contribution in [0.1, 0.15) is 62.3 Å². The summed E-state index contributed by atoms with van der Waals surface area (Å²) in [4.78, 5) is 29.2. The van der Waals surface area contributed by atoms with E-state index < -0.39 is 0 Å². The average molecular weight is 356 g/mol. The van der Waals surface area contributed by atoms with Crippen LogP contribution < -0.4 is 10.6 Å². The molecule has 1 fully saturated rings. The third-order valence-electron chi connectivity index (χ3n) is 4.81. The van der Waals surface area contributed by atoms with Gasteiger partial charge in [0.15, 0.2) is 5.69 Å². The fraction of sp³-hybridized carbons (Fsp3) is 0.550. The first-order chi connectivity index (χ1) is 12.5.